The van der Waals surface area contributed by atoms with Crippen molar-refractivity contribution in [1.82, 2.24) is 23.9 Å². The molecule has 1 aliphatic rings. The van der Waals surface area contributed by atoms with Gasteiger partial charge in [-0.15, -0.1) is 0 Å². The Morgan fingerprint density at radius 3 is 2.93 bits per heavy atom. The third kappa shape index (κ3) is 3.10. The van der Waals surface area contributed by atoms with Crippen LogP contribution in [0.3, 0.4) is 0 Å². The summed E-state index contributed by atoms with van der Waals surface area (Å²) in [6.07, 6.45) is 10.4. The van der Waals surface area contributed by atoms with Crippen LogP contribution in [0.4, 0.5) is 11.8 Å². The molecular weight excluding hydrogens is 380 g/mol. The highest BCUT2D eigenvalue weighted by Crippen LogP contribution is 2.20. The highest BCUT2D eigenvalue weighted by molar-refractivity contribution is 6.29. The number of halogens is 1. The summed E-state index contributed by atoms with van der Waals surface area (Å²) in [5.41, 5.74) is 7.38. The van der Waals surface area contributed by atoms with Gasteiger partial charge in [0.15, 0.2) is 0 Å². The zero-order valence-electron chi connectivity index (χ0n) is 14.6. The fraction of sp³-hybridized carbons (Fsp3) is 0.167. The molecule has 0 saturated carbocycles. The maximum atomic E-state index is 13.1. The lowest BCUT2D eigenvalue weighted by atomic mass is 10.1. The number of rotatable bonds is 4. The Labute approximate surface area is 164 Å². The van der Waals surface area contributed by atoms with Crippen LogP contribution < -0.4 is 16.7 Å². The standard InChI is InChI=1S/C18H15ClN8O/c19-14-10-22-15-6-13(9-23-16-11(7-20)8-24-17(21)25-16)26(18(28)27(14)15)12-4-2-1-3-5-12/h2,4-6,8,10H,1,3,9H2,(H3,21,23,24,25). The maximum absolute atomic E-state index is 13.1. The van der Waals surface area contributed by atoms with E-state index in [9.17, 15) is 10.1 Å². The van der Waals surface area contributed by atoms with Crippen LogP contribution >= 0.6 is 11.6 Å². The summed E-state index contributed by atoms with van der Waals surface area (Å²) in [4.78, 5) is 25.2. The van der Waals surface area contributed by atoms with Crippen molar-refractivity contribution in [2.45, 2.75) is 19.4 Å². The molecule has 0 spiro atoms. The fourth-order valence-corrected chi connectivity index (χ4v) is 3.24. The van der Waals surface area contributed by atoms with E-state index in [4.69, 9.17) is 17.3 Å². The average Bonchev–Trinajstić information content (AvgIpc) is 3.08. The Hall–Kier alpha value is -3.64. The predicted octanol–water partition coefficient (Wildman–Crippen LogP) is 2.20. The molecule has 28 heavy (non-hydrogen) atoms. The van der Waals surface area contributed by atoms with Crippen LogP contribution in [0.5, 0.6) is 0 Å². The van der Waals surface area contributed by atoms with E-state index < -0.39 is 0 Å². The largest absolute Gasteiger partial charge is 0.368 e. The van der Waals surface area contributed by atoms with Crippen LogP contribution in [-0.2, 0) is 6.54 Å². The van der Waals surface area contributed by atoms with Gasteiger partial charge in [0.05, 0.1) is 24.6 Å². The first-order chi connectivity index (χ1) is 13.6. The molecule has 3 aromatic rings. The van der Waals surface area contributed by atoms with Crippen molar-refractivity contribution in [1.29, 1.82) is 5.26 Å². The predicted molar refractivity (Wildman–Crippen MR) is 106 cm³/mol. The van der Waals surface area contributed by atoms with Gasteiger partial charge >= 0.3 is 5.69 Å². The normalized spacial score (nSPS) is 13.4. The van der Waals surface area contributed by atoms with Gasteiger partial charge in [-0.3, -0.25) is 4.57 Å². The van der Waals surface area contributed by atoms with Crippen LogP contribution in [0.25, 0.3) is 11.3 Å². The van der Waals surface area contributed by atoms with Crippen molar-refractivity contribution in [3.63, 3.8) is 0 Å². The van der Waals surface area contributed by atoms with Crippen molar-refractivity contribution in [3.8, 4) is 6.07 Å². The van der Waals surface area contributed by atoms with Gasteiger partial charge in [-0.25, -0.2) is 19.2 Å². The van der Waals surface area contributed by atoms with E-state index >= 15 is 0 Å². The first-order valence-corrected chi connectivity index (χ1v) is 8.87. The lowest BCUT2D eigenvalue weighted by molar-refractivity contribution is 0.824. The Bertz CT molecular complexity index is 1230. The van der Waals surface area contributed by atoms with E-state index in [0.717, 1.165) is 18.5 Å². The van der Waals surface area contributed by atoms with Gasteiger partial charge in [-0.1, -0.05) is 23.8 Å². The van der Waals surface area contributed by atoms with Crippen LogP contribution in [0.2, 0.25) is 5.15 Å². The third-order valence-electron chi connectivity index (χ3n) is 4.31. The minimum Gasteiger partial charge on any atom is -0.368 e. The molecule has 3 N–H and O–H groups in total. The lowest BCUT2D eigenvalue weighted by Gasteiger charge is -2.17. The molecule has 4 rings (SSSR count). The van der Waals surface area contributed by atoms with Gasteiger partial charge in [0.1, 0.15) is 28.3 Å². The van der Waals surface area contributed by atoms with Crippen LogP contribution in [0.1, 0.15) is 24.1 Å². The molecule has 0 aliphatic heterocycles. The topological polar surface area (TPSA) is 127 Å². The Morgan fingerprint density at radius 2 is 2.18 bits per heavy atom. The summed E-state index contributed by atoms with van der Waals surface area (Å²) >= 11 is 6.14. The first kappa shape index (κ1) is 17.8. The van der Waals surface area contributed by atoms with Crippen molar-refractivity contribution in [2.75, 3.05) is 11.1 Å². The number of nitriles is 1. The van der Waals surface area contributed by atoms with Crippen LogP contribution in [0, 0.1) is 11.3 Å². The number of hydrogen-bond donors (Lipinski definition) is 2. The quantitative estimate of drug-likeness (QED) is 0.694. The summed E-state index contributed by atoms with van der Waals surface area (Å²) in [7, 11) is 0. The second kappa shape index (κ2) is 7.17. The van der Waals surface area contributed by atoms with Gasteiger partial charge in [0.25, 0.3) is 0 Å². The number of anilines is 2. The van der Waals surface area contributed by atoms with Crippen LogP contribution in [0.15, 0.2) is 41.5 Å². The minimum atomic E-state index is -0.322. The SMILES string of the molecule is N#Cc1cnc(N)nc1NCc1cc2ncc(Cl)n2c(=O)n1C1=CCCC=C1. The molecule has 0 unspecified atom stereocenters. The minimum absolute atomic E-state index is 0.0484. The third-order valence-corrected chi connectivity index (χ3v) is 4.58. The Kier molecular flexibility index (Phi) is 4.55. The molecule has 0 bridgehead atoms. The lowest BCUT2D eigenvalue weighted by Crippen LogP contribution is -2.29. The number of aromatic nitrogens is 5. The van der Waals surface area contributed by atoms with Crippen molar-refractivity contribution in [2.24, 2.45) is 0 Å². The molecule has 3 heterocycles. The number of allylic oxidation sites excluding steroid dienone is 4. The zero-order chi connectivity index (χ0) is 19.7. The van der Waals surface area contributed by atoms with Gasteiger partial charge in [-0.2, -0.15) is 10.2 Å². The highest BCUT2D eigenvalue weighted by atomic mass is 35.5. The smallest absolute Gasteiger partial charge is 0.339 e. The molecular formula is C18H15ClN8O. The molecule has 3 aromatic heterocycles. The average molecular weight is 395 g/mol. The van der Waals surface area contributed by atoms with Crippen molar-refractivity contribution in [3.05, 3.63) is 63.6 Å². The van der Waals surface area contributed by atoms with E-state index in [1.807, 2.05) is 24.3 Å². The number of imidazole rings is 1. The second-order valence-electron chi connectivity index (χ2n) is 6.09. The van der Waals surface area contributed by atoms with E-state index in [2.05, 4.69) is 20.3 Å². The van der Waals surface area contributed by atoms with Gasteiger partial charge in [0, 0.05) is 11.8 Å². The first-order valence-electron chi connectivity index (χ1n) is 8.50. The maximum Gasteiger partial charge on any atom is 0.339 e. The molecule has 0 aromatic carbocycles. The number of nitrogens with two attached hydrogens (primary N) is 1. The summed E-state index contributed by atoms with van der Waals surface area (Å²) in [5.74, 6) is 0.343. The second-order valence-corrected chi connectivity index (χ2v) is 6.48. The number of nitrogens with zero attached hydrogens (tertiary/aromatic N) is 6. The molecule has 0 amide bonds. The molecule has 10 heteroatoms. The van der Waals surface area contributed by atoms with Gasteiger partial charge < -0.3 is 11.1 Å². The number of nitrogens with one attached hydrogen (secondary N) is 1. The molecule has 9 nitrogen and oxygen atoms in total. The van der Waals surface area contributed by atoms with Crippen molar-refractivity contribution < 1.29 is 0 Å². The number of fused-ring (bicyclic) bond motifs is 1. The van der Waals surface area contributed by atoms with Gasteiger partial charge in [-0.05, 0) is 18.9 Å². The summed E-state index contributed by atoms with van der Waals surface area (Å²) in [6.45, 7) is 0.215. The Balaban J connectivity index is 1.81. The molecule has 1 aliphatic carbocycles. The van der Waals surface area contributed by atoms with Gasteiger partial charge in [0.2, 0.25) is 5.95 Å². The molecule has 0 fully saturated rings. The number of nitrogen functional groups attached to an aromatic ring is 1. The molecule has 140 valence electrons. The summed E-state index contributed by atoms with van der Waals surface area (Å²) < 4.78 is 2.91. The summed E-state index contributed by atoms with van der Waals surface area (Å²) in [5, 5.41) is 12.5. The van der Waals surface area contributed by atoms with E-state index in [0.29, 0.717) is 17.2 Å². The molecule has 0 saturated heterocycles. The van der Waals surface area contributed by atoms with Crippen molar-refractivity contribution >= 4 is 34.7 Å². The molecule has 0 atom stereocenters. The van der Waals surface area contributed by atoms with E-state index in [1.165, 1.54) is 16.8 Å². The summed E-state index contributed by atoms with van der Waals surface area (Å²) in [6, 6.07) is 3.78. The van der Waals surface area contributed by atoms with Crippen LogP contribution in [-0.4, -0.2) is 23.9 Å². The fourth-order valence-electron chi connectivity index (χ4n) is 3.03. The van der Waals surface area contributed by atoms with E-state index in [-0.39, 0.29) is 28.9 Å². The Morgan fingerprint density at radius 1 is 1.32 bits per heavy atom. The van der Waals surface area contributed by atoms with E-state index in [1.54, 1.807) is 10.6 Å². The monoisotopic (exact) mass is 394 g/mol. The molecule has 0 radical (unpaired) electrons. The zero-order valence-corrected chi connectivity index (χ0v) is 15.4. The number of hydrogen-bond acceptors (Lipinski definition) is 7. The highest BCUT2D eigenvalue weighted by Gasteiger charge is 2.16.